The first kappa shape index (κ1) is 9.51. The zero-order valence-corrected chi connectivity index (χ0v) is 9.27. The van der Waals surface area contributed by atoms with Gasteiger partial charge in [0.05, 0.1) is 0 Å². The fourth-order valence-corrected chi connectivity index (χ4v) is 3.48. The molecule has 2 saturated carbocycles. The predicted molar refractivity (Wildman–Crippen MR) is 56.4 cm³/mol. The van der Waals surface area contributed by atoms with Crippen molar-refractivity contribution in [3.63, 3.8) is 0 Å². The summed E-state index contributed by atoms with van der Waals surface area (Å²) in [4.78, 5) is 0. The lowest BCUT2D eigenvalue weighted by atomic mass is 9.85. The molecular formula is C12H23N. The molecule has 0 amide bonds. The second-order valence-corrected chi connectivity index (χ2v) is 6.35. The van der Waals surface area contributed by atoms with Gasteiger partial charge in [-0.25, -0.2) is 0 Å². The van der Waals surface area contributed by atoms with Crippen LogP contribution in [-0.4, -0.2) is 5.54 Å². The van der Waals surface area contributed by atoms with Crippen LogP contribution in [0.1, 0.15) is 52.9 Å². The average Bonchev–Trinajstić information content (AvgIpc) is 2.55. The van der Waals surface area contributed by atoms with Crippen LogP contribution < -0.4 is 5.73 Å². The predicted octanol–water partition coefficient (Wildman–Crippen LogP) is 2.94. The van der Waals surface area contributed by atoms with Crippen molar-refractivity contribution in [3.05, 3.63) is 0 Å². The lowest BCUT2D eigenvalue weighted by Crippen LogP contribution is -2.32. The Bertz CT molecular complexity index is 190. The molecule has 2 unspecified atom stereocenters. The topological polar surface area (TPSA) is 26.0 Å². The summed E-state index contributed by atoms with van der Waals surface area (Å²) >= 11 is 0. The van der Waals surface area contributed by atoms with Crippen LogP contribution in [0, 0.1) is 17.3 Å². The van der Waals surface area contributed by atoms with E-state index in [0.29, 0.717) is 5.41 Å². The molecule has 2 aliphatic carbocycles. The second kappa shape index (κ2) is 2.73. The molecule has 2 atom stereocenters. The van der Waals surface area contributed by atoms with Gasteiger partial charge in [0.1, 0.15) is 0 Å². The van der Waals surface area contributed by atoms with E-state index in [2.05, 4.69) is 20.8 Å². The largest absolute Gasteiger partial charge is 0.325 e. The van der Waals surface area contributed by atoms with Gasteiger partial charge in [-0.05, 0) is 36.5 Å². The van der Waals surface area contributed by atoms with E-state index in [-0.39, 0.29) is 5.54 Å². The maximum Gasteiger partial charge on any atom is 0.0223 e. The maximum absolute atomic E-state index is 6.48. The zero-order valence-electron chi connectivity index (χ0n) is 9.27. The second-order valence-electron chi connectivity index (χ2n) is 6.35. The quantitative estimate of drug-likeness (QED) is 0.661. The Balaban J connectivity index is 2.00. The SMILES string of the molecule is CC(C)(C)CC1(N)C2CCCCC21. The van der Waals surface area contributed by atoms with Crippen LogP contribution in [0.15, 0.2) is 0 Å². The van der Waals surface area contributed by atoms with Crippen molar-refractivity contribution in [3.8, 4) is 0 Å². The highest BCUT2D eigenvalue weighted by molar-refractivity contribution is 5.17. The Hall–Kier alpha value is -0.0400. The van der Waals surface area contributed by atoms with E-state index >= 15 is 0 Å². The van der Waals surface area contributed by atoms with Gasteiger partial charge in [-0.15, -0.1) is 0 Å². The maximum atomic E-state index is 6.48. The fourth-order valence-electron chi connectivity index (χ4n) is 3.48. The Morgan fingerprint density at radius 1 is 1.15 bits per heavy atom. The van der Waals surface area contributed by atoms with Gasteiger partial charge in [0.2, 0.25) is 0 Å². The summed E-state index contributed by atoms with van der Waals surface area (Å²) in [6.45, 7) is 6.93. The van der Waals surface area contributed by atoms with Gasteiger partial charge in [-0.3, -0.25) is 0 Å². The molecule has 13 heavy (non-hydrogen) atoms. The van der Waals surface area contributed by atoms with Crippen molar-refractivity contribution >= 4 is 0 Å². The van der Waals surface area contributed by atoms with Crippen LogP contribution in [0.3, 0.4) is 0 Å². The monoisotopic (exact) mass is 181 g/mol. The van der Waals surface area contributed by atoms with Crippen molar-refractivity contribution in [2.75, 3.05) is 0 Å². The molecule has 0 aromatic rings. The smallest absolute Gasteiger partial charge is 0.0223 e. The van der Waals surface area contributed by atoms with E-state index < -0.39 is 0 Å². The van der Waals surface area contributed by atoms with Crippen molar-refractivity contribution in [1.29, 1.82) is 0 Å². The van der Waals surface area contributed by atoms with E-state index in [1.54, 1.807) is 0 Å². The van der Waals surface area contributed by atoms with Crippen LogP contribution in [0.4, 0.5) is 0 Å². The normalized spacial score (nSPS) is 44.3. The number of hydrogen-bond acceptors (Lipinski definition) is 1. The summed E-state index contributed by atoms with van der Waals surface area (Å²) in [6.07, 6.45) is 6.86. The zero-order chi connectivity index (χ0) is 9.69. The lowest BCUT2D eigenvalue weighted by Gasteiger charge is -2.24. The minimum atomic E-state index is 0.231. The Morgan fingerprint density at radius 2 is 1.62 bits per heavy atom. The molecule has 2 N–H and O–H groups in total. The molecular weight excluding hydrogens is 158 g/mol. The van der Waals surface area contributed by atoms with Crippen LogP contribution >= 0.6 is 0 Å². The summed E-state index contributed by atoms with van der Waals surface area (Å²) in [5.74, 6) is 1.75. The number of fused-ring (bicyclic) bond motifs is 1. The molecule has 0 spiro atoms. The van der Waals surface area contributed by atoms with Crippen molar-refractivity contribution in [2.24, 2.45) is 23.0 Å². The molecule has 2 rings (SSSR count). The van der Waals surface area contributed by atoms with Gasteiger partial charge >= 0.3 is 0 Å². The molecule has 1 heteroatoms. The van der Waals surface area contributed by atoms with Gasteiger partial charge in [0, 0.05) is 5.54 Å². The van der Waals surface area contributed by atoms with Gasteiger partial charge in [0.25, 0.3) is 0 Å². The Morgan fingerprint density at radius 3 is 2.00 bits per heavy atom. The summed E-state index contributed by atoms with van der Waals surface area (Å²) < 4.78 is 0. The first-order valence-corrected chi connectivity index (χ1v) is 5.72. The molecule has 0 aromatic carbocycles. The number of rotatable bonds is 1. The molecule has 0 saturated heterocycles. The average molecular weight is 181 g/mol. The van der Waals surface area contributed by atoms with E-state index in [4.69, 9.17) is 5.73 Å². The molecule has 0 aromatic heterocycles. The van der Waals surface area contributed by atoms with Gasteiger partial charge in [-0.1, -0.05) is 33.6 Å². The van der Waals surface area contributed by atoms with E-state index in [0.717, 1.165) is 11.8 Å². The summed E-state index contributed by atoms with van der Waals surface area (Å²) in [7, 11) is 0. The van der Waals surface area contributed by atoms with E-state index in [1.807, 2.05) is 0 Å². The Kier molecular flexibility index (Phi) is 1.99. The highest BCUT2D eigenvalue weighted by Crippen LogP contribution is 2.60. The first-order chi connectivity index (χ1) is 5.93. The van der Waals surface area contributed by atoms with Crippen molar-refractivity contribution < 1.29 is 0 Å². The van der Waals surface area contributed by atoms with Gasteiger partial charge < -0.3 is 5.73 Å². The van der Waals surface area contributed by atoms with Crippen molar-refractivity contribution in [2.45, 2.75) is 58.4 Å². The molecule has 0 radical (unpaired) electrons. The van der Waals surface area contributed by atoms with Gasteiger partial charge in [0.15, 0.2) is 0 Å². The first-order valence-electron chi connectivity index (χ1n) is 5.72. The molecule has 1 nitrogen and oxygen atoms in total. The summed E-state index contributed by atoms with van der Waals surface area (Å²) in [5.41, 5.74) is 7.12. The van der Waals surface area contributed by atoms with E-state index in [1.165, 1.54) is 32.1 Å². The Labute approximate surface area is 82.1 Å². The fraction of sp³-hybridized carbons (Fsp3) is 1.00. The minimum absolute atomic E-state index is 0.231. The lowest BCUT2D eigenvalue weighted by molar-refractivity contribution is 0.309. The number of nitrogens with two attached hydrogens (primary N) is 1. The summed E-state index contributed by atoms with van der Waals surface area (Å²) in [5, 5.41) is 0. The number of hydrogen-bond donors (Lipinski definition) is 1. The highest BCUT2D eigenvalue weighted by atomic mass is 14.9. The molecule has 2 aliphatic rings. The third-order valence-electron chi connectivity index (χ3n) is 3.87. The summed E-state index contributed by atoms with van der Waals surface area (Å²) in [6, 6.07) is 0. The van der Waals surface area contributed by atoms with E-state index in [9.17, 15) is 0 Å². The molecule has 0 aliphatic heterocycles. The van der Waals surface area contributed by atoms with Crippen LogP contribution in [-0.2, 0) is 0 Å². The highest BCUT2D eigenvalue weighted by Gasteiger charge is 2.62. The third-order valence-corrected chi connectivity index (χ3v) is 3.87. The van der Waals surface area contributed by atoms with Gasteiger partial charge in [-0.2, -0.15) is 0 Å². The van der Waals surface area contributed by atoms with Crippen LogP contribution in [0.5, 0.6) is 0 Å². The minimum Gasteiger partial charge on any atom is -0.325 e. The van der Waals surface area contributed by atoms with Crippen molar-refractivity contribution in [1.82, 2.24) is 0 Å². The molecule has 2 fully saturated rings. The standard InChI is InChI=1S/C12H23N/c1-11(2,3)8-12(13)9-6-4-5-7-10(9)12/h9-10H,4-8,13H2,1-3H3. The van der Waals surface area contributed by atoms with Crippen LogP contribution in [0.2, 0.25) is 0 Å². The molecule has 76 valence electrons. The molecule has 0 heterocycles. The van der Waals surface area contributed by atoms with Crippen LogP contribution in [0.25, 0.3) is 0 Å². The third kappa shape index (κ3) is 1.63. The molecule has 0 bridgehead atoms.